The first-order chi connectivity index (χ1) is 13.9. The Morgan fingerprint density at radius 1 is 1.31 bits per heavy atom. The lowest BCUT2D eigenvalue weighted by atomic mass is 9.77. The number of aliphatic hydroxyl groups is 1. The first-order valence-corrected chi connectivity index (χ1v) is 9.73. The summed E-state index contributed by atoms with van der Waals surface area (Å²) in [6.07, 6.45) is -0.259. The van der Waals surface area contributed by atoms with E-state index in [2.05, 4.69) is 0 Å². The van der Waals surface area contributed by atoms with Crippen molar-refractivity contribution in [2.75, 3.05) is 40.3 Å². The number of β-amino-alcohol motifs (C(OH)–C–C–N with tert-alkyl or cyclic N) is 1. The molecule has 2 aromatic carbocycles. The number of piperidine rings is 1. The van der Waals surface area contributed by atoms with Crippen LogP contribution in [0.5, 0.6) is 5.75 Å². The standard InChI is InChI=1S/C22H28FN3O3/c1-25(2)22(16-6-4-3-5-7-16)10-12-26(15-20(22)27)21(28)18-14-17(23)8-9-19(18)29-13-11-24/h3-9,14,20,27H,10-13,15,24H2,1-2H3/t20-,22+/m1/s1. The van der Waals surface area contributed by atoms with Gasteiger partial charge in [-0.3, -0.25) is 9.69 Å². The molecule has 1 aliphatic heterocycles. The average Bonchev–Trinajstić information content (AvgIpc) is 2.72. The quantitative estimate of drug-likeness (QED) is 0.772. The van der Waals surface area contributed by atoms with Gasteiger partial charge in [-0.1, -0.05) is 30.3 Å². The summed E-state index contributed by atoms with van der Waals surface area (Å²) >= 11 is 0. The Morgan fingerprint density at radius 3 is 2.66 bits per heavy atom. The number of ether oxygens (including phenoxy) is 1. The molecule has 0 saturated carbocycles. The fourth-order valence-corrected chi connectivity index (χ4v) is 4.09. The molecule has 0 aromatic heterocycles. The van der Waals surface area contributed by atoms with Crippen molar-refractivity contribution in [2.45, 2.75) is 18.1 Å². The van der Waals surface area contributed by atoms with Crippen LogP contribution in [0.4, 0.5) is 4.39 Å². The van der Waals surface area contributed by atoms with Crippen molar-refractivity contribution in [1.29, 1.82) is 0 Å². The van der Waals surface area contributed by atoms with Crippen LogP contribution < -0.4 is 10.5 Å². The molecule has 0 radical (unpaired) electrons. The highest BCUT2D eigenvalue weighted by Crippen LogP contribution is 2.38. The molecule has 1 aliphatic rings. The van der Waals surface area contributed by atoms with Crippen LogP contribution >= 0.6 is 0 Å². The summed E-state index contributed by atoms with van der Waals surface area (Å²) < 4.78 is 19.3. The molecule has 2 atom stereocenters. The van der Waals surface area contributed by atoms with Crippen LogP contribution in [0.1, 0.15) is 22.3 Å². The van der Waals surface area contributed by atoms with Crippen molar-refractivity contribution in [3.8, 4) is 5.75 Å². The molecular weight excluding hydrogens is 373 g/mol. The number of halogens is 1. The van der Waals surface area contributed by atoms with E-state index in [0.29, 0.717) is 18.7 Å². The zero-order valence-corrected chi connectivity index (χ0v) is 16.8. The van der Waals surface area contributed by atoms with Crippen molar-refractivity contribution in [1.82, 2.24) is 9.80 Å². The number of likely N-dealkylation sites (N-methyl/N-ethyl adjacent to an activating group) is 1. The lowest BCUT2D eigenvalue weighted by Gasteiger charge is -2.49. The van der Waals surface area contributed by atoms with Gasteiger partial charge in [-0.25, -0.2) is 4.39 Å². The molecule has 3 rings (SSSR count). The maximum atomic E-state index is 13.8. The monoisotopic (exact) mass is 401 g/mol. The summed E-state index contributed by atoms with van der Waals surface area (Å²) in [6, 6.07) is 13.7. The molecule has 1 heterocycles. The van der Waals surface area contributed by atoms with Crippen LogP contribution in [0, 0.1) is 5.82 Å². The lowest BCUT2D eigenvalue weighted by molar-refractivity contribution is -0.0612. The molecule has 156 valence electrons. The Balaban J connectivity index is 1.86. The van der Waals surface area contributed by atoms with E-state index in [1.807, 2.05) is 49.3 Å². The van der Waals surface area contributed by atoms with E-state index in [-0.39, 0.29) is 31.2 Å². The molecule has 2 aromatic rings. The van der Waals surface area contributed by atoms with E-state index >= 15 is 0 Å². The number of carbonyl (C=O) groups is 1. The van der Waals surface area contributed by atoms with Gasteiger partial charge in [0.1, 0.15) is 18.2 Å². The largest absolute Gasteiger partial charge is 0.491 e. The predicted octanol–water partition coefficient (Wildman–Crippen LogP) is 1.83. The predicted molar refractivity (Wildman–Crippen MR) is 109 cm³/mol. The second-order valence-corrected chi connectivity index (χ2v) is 7.48. The fourth-order valence-electron chi connectivity index (χ4n) is 4.09. The molecule has 1 amide bonds. The number of carbonyl (C=O) groups excluding carboxylic acids is 1. The summed E-state index contributed by atoms with van der Waals surface area (Å²) in [5.41, 5.74) is 6.02. The van der Waals surface area contributed by atoms with Crippen molar-refractivity contribution in [2.24, 2.45) is 5.73 Å². The number of hydrogen-bond acceptors (Lipinski definition) is 5. The lowest BCUT2D eigenvalue weighted by Crippen LogP contribution is -2.60. The van der Waals surface area contributed by atoms with Crippen LogP contribution in [0.3, 0.4) is 0 Å². The Labute approximate surface area is 170 Å². The van der Waals surface area contributed by atoms with Gasteiger partial charge in [0.2, 0.25) is 0 Å². The number of nitrogens with two attached hydrogens (primary N) is 1. The Hall–Kier alpha value is -2.48. The molecule has 0 unspecified atom stereocenters. The minimum atomic E-state index is -0.806. The summed E-state index contributed by atoms with van der Waals surface area (Å²) in [4.78, 5) is 16.7. The third kappa shape index (κ3) is 4.12. The second kappa shape index (κ2) is 8.90. The number of nitrogens with zero attached hydrogens (tertiary/aromatic N) is 2. The normalized spacial score (nSPS) is 22.0. The summed E-state index contributed by atoms with van der Waals surface area (Å²) in [5.74, 6) is -0.585. The number of likely N-dealkylation sites (tertiary alicyclic amines) is 1. The second-order valence-electron chi connectivity index (χ2n) is 7.48. The molecule has 7 heteroatoms. The van der Waals surface area contributed by atoms with Gasteiger partial charge in [-0.05, 0) is 44.3 Å². The van der Waals surface area contributed by atoms with Gasteiger partial charge in [0, 0.05) is 19.6 Å². The van der Waals surface area contributed by atoms with Crippen LogP contribution in [0.25, 0.3) is 0 Å². The van der Waals surface area contributed by atoms with Gasteiger partial charge in [0.25, 0.3) is 5.91 Å². The van der Waals surface area contributed by atoms with Gasteiger partial charge in [0.05, 0.1) is 17.2 Å². The first-order valence-electron chi connectivity index (χ1n) is 9.73. The van der Waals surface area contributed by atoms with Crippen molar-refractivity contribution < 1.29 is 19.0 Å². The molecule has 0 aliphatic carbocycles. The highest BCUT2D eigenvalue weighted by molar-refractivity contribution is 5.97. The van der Waals surface area contributed by atoms with Gasteiger partial charge < -0.3 is 20.5 Å². The van der Waals surface area contributed by atoms with Crippen LogP contribution in [-0.4, -0.2) is 67.3 Å². The Kier molecular flexibility index (Phi) is 6.52. The van der Waals surface area contributed by atoms with Crippen molar-refractivity contribution in [3.63, 3.8) is 0 Å². The number of benzene rings is 2. The topological polar surface area (TPSA) is 79.0 Å². The van der Waals surface area contributed by atoms with E-state index in [0.717, 1.165) is 5.56 Å². The summed E-state index contributed by atoms with van der Waals surface area (Å²) in [6.45, 7) is 1.08. The number of hydrogen-bond donors (Lipinski definition) is 2. The first kappa shape index (κ1) is 21.2. The third-order valence-corrected chi connectivity index (χ3v) is 5.61. The van der Waals surface area contributed by atoms with Crippen LogP contribution in [0.15, 0.2) is 48.5 Å². The number of aliphatic hydroxyl groups excluding tert-OH is 1. The molecule has 3 N–H and O–H groups in total. The summed E-state index contributed by atoms with van der Waals surface area (Å²) in [7, 11) is 3.86. The van der Waals surface area contributed by atoms with Crippen LogP contribution in [0.2, 0.25) is 0 Å². The molecule has 0 bridgehead atoms. The molecule has 1 fully saturated rings. The van der Waals surface area contributed by atoms with Crippen molar-refractivity contribution in [3.05, 3.63) is 65.5 Å². The third-order valence-electron chi connectivity index (χ3n) is 5.61. The maximum absolute atomic E-state index is 13.8. The highest BCUT2D eigenvalue weighted by atomic mass is 19.1. The van der Waals surface area contributed by atoms with Gasteiger partial charge in [0.15, 0.2) is 0 Å². The minimum Gasteiger partial charge on any atom is -0.491 e. The molecule has 29 heavy (non-hydrogen) atoms. The average molecular weight is 401 g/mol. The summed E-state index contributed by atoms with van der Waals surface area (Å²) in [5, 5.41) is 11.1. The van der Waals surface area contributed by atoms with Crippen LogP contribution in [-0.2, 0) is 5.54 Å². The molecule has 6 nitrogen and oxygen atoms in total. The van der Waals surface area contributed by atoms with E-state index in [1.165, 1.54) is 18.2 Å². The van der Waals surface area contributed by atoms with Gasteiger partial charge >= 0.3 is 0 Å². The molecule has 1 saturated heterocycles. The van der Waals surface area contributed by atoms with E-state index in [4.69, 9.17) is 10.5 Å². The van der Waals surface area contributed by atoms with E-state index < -0.39 is 17.5 Å². The fraction of sp³-hybridized carbons (Fsp3) is 0.409. The smallest absolute Gasteiger partial charge is 0.257 e. The van der Waals surface area contributed by atoms with E-state index in [1.54, 1.807) is 4.90 Å². The zero-order chi connectivity index (χ0) is 21.0. The maximum Gasteiger partial charge on any atom is 0.257 e. The Bertz CT molecular complexity index is 846. The minimum absolute atomic E-state index is 0.138. The molecule has 0 spiro atoms. The van der Waals surface area contributed by atoms with Gasteiger partial charge in [-0.2, -0.15) is 0 Å². The van der Waals surface area contributed by atoms with Gasteiger partial charge in [-0.15, -0.1) is 0 Å². The van der Waals surface area contributed by atoms with Crippen molar-refractivity contribution >= 4 is 5.91 Å². The van der Waals surface area contributed by atoms with E-state index in [9.17, 15) is 14.3 Å². The Morgan fingerprint density at radius 2 is 2.03 bits per heavy atom. The molecular formula is C22H28FN3O3. The number of amides is 1. The number of rotatable bonds is 6. The highest BCUT2D eigenvalue weighted by Gasteiger charge is 2.46. The zero-order valence-electron chi connectivity index (χ0n) is 16.8. The SMILES string of the molecule is CN(C)[C@]1(c2ccccc2)CCN(C(=O)c2cc(F)ccc2OCCN)C[C@H]1O.